The Morgan fingerprint density at radius 2 is 2.25 bits per heavy atom. The molecule has 0 saturated carbocycles. The van der Waals surface area contributed by atoms with Crippen LogP contribution in [0, 0.1) is 0 Å². The fourth-order valence-electron chi connectivity index (χ4n) is 0.861. The lowest BCUT2D eigenvalue weighted by atomic mass is 10.2. The standard InChI is InChI=1S/C8H16O3P/c1-4-7-8(5-2)11-12(9)10-6-3/h6,8H,3-5,7H2,1-2H3/q+1. The van der Waals surface area contributed by atoms with Gasteiger partial charge in [0.15, 0.2) is 0 Å². The van der Waals surface area contributed by atoms with Crippen molar-refractivity contribution in [2.24, 2.45) is 0 Å². The summed E-state index contributed by atoms with van der Waals surface area (Å²) in [5, 5.41) is 0. The van der Waals surface area contributed by atoms with Crippen LogP contribution in [0.5, 0.6) is 0 Å². The second-order valence-electron chi connectivity index (χ2n) is 2.42. The normalized spacial score (nSPS) is 13.7. The number of hydrogen-bond acceptors (Lipinski definition) is 3. The average molecular weight is 191 g/mol. The van der Waals surface area contributed by atoms with Crippen LogP contribution in [0.3, 0.4) is 0 Å². The van der Waals surface area contributed by atoms with E-state index in [1.807, 2.05) is 6.92 Å². The van der Waals surface area contributed by atoms with Crippen LogP contribution in [-0.2, 0) is 13.6 Å². The van der Waals surface area contributed by atoms with Crippen LogP contribution in [0.15, 0.2) is 12.8 Å². The quantitative estimate of drug-likeness (QED) is 0.457. The van der Waals surface area contributed by atoms with Crippen LogP contribution in [0.2, 0.25) is 0 Å². The average Bonchev–Trinajstić information content (AvgIpc) is 2.04. The first kappa shape index (κ1) is 11.6. The summed E-state index contributed by atoms with van der Waals surface area (Å²) in [7, 11) is -2.01. The molecule has 0 radical (unpaired) electrons. The second kappa shape index (κ2) is 7.26. The molecular weight excluding hydrogens is 175 g/mol. The van der Waals surface area contributed by atoms with Crippen LogP contribution >= 0.6 is 8.25 Å². The summed E-state index contributed by atoms with van der Waals surface area (Å²) in [4.78, 5) is 0. The summed E-state index contributed by atoms with van der Waals surface area (Å²) in [6, 6.07) is 0. The lowest BCUT2D eigenvalue weighted by Gasteiger charge is -2.03. The van der Waals surface area contributed by atoms with E-state index in [-0.39, 0.29) is 6.10 Å². The Bertz CT molecular complexity index is 147. The summed E-state index contributed by atoms with van der Waals surface area (Å²) in [5.41, 5.74) is 0. The van der Waals surface area contributed by atoms with Crippen LogP contribution in [0.4, 0.5) is 0 Å². The lowest BCUT2D eigenvalue weighted by molar-refractivity contribution is 0.170. The van der Waals surface area contributed by atoms with Gasteiger partial charge in [0.2, 0.25) is 0 Å². The minimum atomic E-state index is -2.01. The van der Waals surface area contributed by atoms with Crippen LogP contribution < -0.4 is 0 Å². The van der Waals surface area contributed by atoms with E-state index in [4.69, 9.17) is 4.52 Å². The van der Waals surface area contributed by atoms with Crippen LogP contribution in [0.25, 0.3) is 0 Å². The van der Waals surface area contributed by atoms with Gasteiger partial charge in [-0.15, -0.1) is 4.52 Å². The molecule has 0 saturated heterocycles. The molecule has 0 amide bonds. The fraction of sp³-hybridized carbons (Fsp3) is 0.750. The molecule has 12 heavy (non-hydrogen) atoms. The molecule has 4 heteroatoms. The van der Waals surface area contributed by atoms with Crippen molar-refractivity contribution < 1.29 is 13.6 Å². The van der Waals surface area contributed by atoms with E-state index in [2.05, 4.69) is 18.0 Å². The second-order valence-corrected chi connectivity index (χ2v) is 3.29. The van der Waals surface area contributed by atoms with E-state index in [1.165, 1.54) is 0 Å². The molecule has 2 atom stereocenters. The molecule has 0 aliphatic rings. The Hall–Kier alpha value is -0.400. The van der Waals surface area contributed by atoms with Crippen molar-refractivity contribution in [3.05, 3.63) is 12.8 Å². The van der Waals surface area contributed by atoms with Crippen molar-refractivity contribution in [3.63, 3.8) is 0 Å². The molecular formula is C8H16O3P+. The van der Waals surface area contributed by atoms with Gasteiger partial charge in [-0.1, -0.05) is 26.8 Å². The fourth-order valence-corrected chi connectivity index (χ4v) is 1.53. The topological polar surface area (TPSA) is 35.5 Å². The molecule has 0 aromatic rings. The molecule has 0 fully saturated rings. The van der Waals surface area contributed by atoms with Gasteiger partial charge >= 0.3 is 8.25 Å². The van der Waals surface area contributed by atoms with Crippen LogP contribution in [0.1, 0.15) is 33.1 Å². The van der Waals surface area contributed by atoms with E-state index >= 15 is 0 Å². The van der Waals surface area contributed by atoms with E-state index < -0.39 is 8.25 Å². The first-order valence-corrected chi connectivity index (χ1v) is 5.25. The SMILES string of the molecule is C=CO[P+](=O)OC(CC)CCC. The third-order valence-electron chi connectivity index (χ3n) is 1.46. The molecule has 0 heterocycles. The van der Waals surface area contributed by atoms with E-state index in [9.17, 15) is 4.57 Å². The maximum Gasteiger partial charge on any atom is 0.749 e. The van der Waals surface area contributed by atoms with Gasteiger partial charge < -0.3 is 0 Å². The summed E-state index contributed by atoms with van der Waals surface area (Å²) < 4.78 is 20.6. The predicted molar refractivity (Wildman–Crippen MR) is 49.0 cm³/mol. The Balaban J connectivity index is 3.68. The summed E-state index contributed by atoms with van der Waals surface area (Å²) in [6.07, 6.45) is 3.97. The van der Waals surface area contributed by atoms with E-state index in [1.54, 1.807) is 0 Å². The first-order valence-electron chi connectivity index (χ1n) is 4.16. The maximum atomic E-state index is 10.9. The Morgan fingerprint density at radius 3 is 2.67 bits per heavy atom. The highest BCUT2D eigenvalue weighted by molar-refractivity contribution is 7.33. The smallest absolute Gasteiger partial charge is 0.238 e. The Labute approximate surface area is 74.7 Å². The van der Waals surface area contributed by atoms with Gasteiger partial charge in [-0.2, -0.15) is 0 Å². The minimum Gasteiger partial charge on any atom is -0.238 e. The zero-order valence-electron chi connectivity index (χ0n) is 7.66. The van der Waals surface area contributed by atoms with Crippen LogP contribution in [-0.4, -0.2) is 6.10 Å². The molecule has 0 bridgehead atoms. The van der Waals surface area contributed by atoms with Gasteiger partial charge in [0.1, 0.15) is 12.4 Å². The predicted octanol–water partition coefficient (Wildman–Crippen LogP) is 3.40. The zero-order valence-corrected chi connectivity index (χ0v) is 8.55. The monoisotopic (exact) mass is 191 g/mol. The highest BCUT2D eigenvalue weighted by Crippen LogP contribution is 2.28. The molecule has 0 aliphatic carbocycles. The van der Waals surface area contributed by atoms with Crippen molar-refractivity contribution in [3.8, 4) is 0 Å². The molecule has 3 nitrogen and oxygen atoms in total. The van der Waals surface area contributed by atoms with Crippen molar-refractivity contribution in [1.82, 2.24) is 0 Å². The minimum absolute atomic E-state index is 0.0403. The summed E-state index contributed by atoms with van der Waals surface area (Å²) >= 11 is 0. The third-order valence-corrected chi connectivity index (χ3v) is 2.25. The third kappa shape index (κ3) is 5.28. The van der Waals surface area contributed by atoms with Crippen molar-refractivity contribution >= 4 is 8.25 Å². The van der Waals surface area contributed by atoms with Gasteiger partial charge in [-0.05, 0) is 12.8 Å². The number of rotatable bonds is 7. The van der Waals surface area contributed by atoms with Gasteiger partial charge in [-0.3, -0.25) is 0 Å². The molecule has 0 aromatic heterocycles. The van der Waals surface area contributed by atoms with Gasteiger partial charge in [0, 0.05) is 4.57 Å². The molecule has 0 rings (SSSR count). The molecule has 0 spiro atoms. The van der Waals surface area contributed by atoms with E-state index in [0.717, 1.165) is 25.5 Å². The number of hydrogen-bond donors (Lipinski definition) is 0. The maximum absolute atomic E-state index is 10.9. The highest BCUT2D eigenvalue weighted by atomic mass is 31.1. The molecule has 0 aromatic carbocycles. The van der Waals surface area contributed by atoms with Gasteiger partial charge in [0.05, 0.1) is 0 Å². The largest absolute Gasteiger partial charge is 0.749 e. The molecule has 2 unspecified atom stereocenters. The first-order chi connectivity index (χ1) is 5.74. The Morgan fingerprint density at radius 1 is 1.58 bits per heavy atom. The van der Waals surface area contributed by atoms with Gasteiger partial charge in [0.25, 0.3) is 0 Å². The summed E-state index contributed by atoms with van der Waals surface area (Å²) in [5.74, 6) is 0. The van der Waals surface area contributed by atoms with Crippen molar-refractivity contribution in [1.29, 1.82) is 0 Å². The molecule has 0 aliphatic heterocycles. The van der Waals surface area contributed by atoms with Crippen molar-refractivity contribution in [2.75, 3.05) is 0 Å². The van der Waals surface area contributed by atoms with E-state index in [0.29, 0.717) is 0 Å². The zero-order chi connectivity index (χ0) is 9.40. The highest BCUT2D eigenvalue weighted by Gasteiger charge is 2.24. The molecule has 70 valence electrons. The summed E-state index contributed by atoms with van der Waals surface area (Å²) in [6.45, 7) is 7.35. The Kier molecular flexibility index (Phi) is 7.02. The molecule has 0 N–H and O–H groups in total. The van der Waals surface area contributed by atoms with Crippen molar-refractivity contribution in [2.45, 2.75) is 39.2 Å². The lowest BCUT2D eigenvalue weighted by Crippen LogP contribution is -2.06. The van der Waals surface area contributed by atoms with Gasteiger partial charge in [-0.25, -0.2) is 4.52 Å².